The number of nitrogens with two attached hydrogens (primary N) is 1. The summed E-state index contributed by atoms with van der Waals surface area (Å²) in [6, 6.07) is 7.61. The Bertz CT molecular complexity index is 744. The highest BCUT2D eigenvalue weighted by Crippen LogP contribution is 2.32. The quantitative estimate of drug-likeness (QED) is 0.788. The second kappa shape index (κ2) is 4.51. The van der Waals surface area contributed by atoms with Crippen LogP contribution in [-0.2, 0) is 7.05 Å². The van der Waals surface area contributed by atoms with Crippen LogP contribution in [0.2, 0.25) is 0 Å². The van der Waals surface area contributed by atoms with E-state index in [0.717, 1.165) is 32.5 Å². The fraction of sp³-hybridized carbons (Fsp3) is 0.214. The summed E-state index contributed by atoms with van der Waals surface area (Å²) >= 11 is 3.45. The number of aromatic nitrogens is 2. The Morgan fingerprint density at radius 2 is 2.16 bits per heavy atom. The number of hydrogen-bond acceptors (Lipinski definition) is 3. The van der Waals surface area contributed by atoms with E-state index in [9.17, 15) is 0 Å². The monoisotopic (exact) mass is 319 g/mol. The molecule has 0 bridgehead atoms. The molecule has 19 heavy (non-hydrogen) atoms. The van der Waals surface area contributed by atoms with Gasteiger partial charge in [-0.3, -0.25) is 4.68 Å². The molecule has 1 unspecified atom stereocenters. The molecule has 3 aromatic rings. The highest BCUT2D eigenvalue weighted by atomic mass is 79.9. The molecule has 3 rings (SSSR count). The third kappa shape index (κ3) is 1.99. The molecule has 0 radical (unpaired) electrons. The van der Waals surface area contributed by atoms with Crippen molar-refractivity contribution in [2.75, 3.05) is 0 Å². The highest BCUT2D eigenvalue weighted by Gasteiger charge is 2.20. The van der Waals surface area contributed by atoms with Crippen LogP contribution in [0.5, 0.6) is 0 Å². The van der Waals surface area contributed by atoms with Crippen molar-refractivity contribution in [3.8, 4) is 0 Å². The lowest BCUT2D eigenvalue weighted by Crippen LogP contribution is -2.16. The fourth-order valence-electron chi connectivity index (χ4n) is 2.34. The topological polar surface area (TPSA) is 57.0 Å². The molecule has 4 nitrogen and oxygen atoms in total. The summed E-state index contributed by atoms with van der Waals surface area (Å²) in [6.07, 6.45) is 1.74. The summed E-state index contributed by atoms with van der Waals surface area (Å²) < 4.78 is 8.69. The first-order chi connectivity index (χ1) is 9.08. The number of aryl methyl sites for hydroxylation is 2. The molecule has 5 heteroatoms. The third-order valence-electron chi connectivity index (χ3n) is 3.40. The highest BCUT2D eigenvalue weighted by molar-refractivity contribution is 9.10. The van der Waals surface area contributed by atoms with Crippen LogP contribution >= 0.6 is 15.9 Å². The molecule has 2 aromatic heterocycles. The van der Waals surface area contributed by atoms with E-state index in [-0.39, 0.29) is 6.04 Å². The zero-order chi connectivity index (χ0) is 13.6. The Morgan fingerprint density at radius 1 is 1.37 bits per heavy atom. The van der Waals surface area contributed by atoms with E-state index in [0.29, 0.717) is 0 Å². The normalized spacial score (nSPS) is 13.1. The van der Waals surface area contributed by atoms with Crippen molar-refractivity contribution < 1.29 is 4.42 Å². The van der Waals surface area contributed by atoms with Crippen LogP contribution in [0.3, 0.4) is 0 Å². The predicted molar refractivity (Wildman–Crippen MR) is 77.9 cm³/mol. The van der Waals surface area contributed by atoms with E-state index in [2.05, 4.69) is 21.0 Å². The van der Waals surface area contributed by atoms with Crippen LogP contribution in [0.25, 0.3) is 11.0 Å². The van der Waals surface area contributed by atoms with E-state index in [1.54, 1.807) is 10.9 Å². The average molecular weight is 320 g/mol. The first-order valence-electron chi connectivity index (χ1n) is 6.00. The standard InChI is InChI=1S/C14H14BrN3O/c1-8-10-4-3-9(15)7-12(10)19-14(8)13(16)11-5-6-17-18(11)2/h3-7,13H,16H2,1-2H3. The van der Waals surface area contributed by atoms with Crippen molar-refractivity contribution in [2.24, 2.45) is 12.8 Å². The second-order valence-electron chi connectivity index (χ2n) is 4.59. The minimum atomic E-state index is -0.307. The molecule has 0 amide bonds. The van der Waals surface area contributed by atoms with Crippen LogP contribution in [-0.4, -0.2) is 9.78 Å². The van der Waals surface area contributed by atoms with Gasteiger partial charge in [-0.05, 0) is 31.2 Å². The molecule has 0 aliphatic carbocycles. The van der Waals surface area contributed by atoms with Gasteiger partial charge < -0.3 is 10.2 Å². The molecule has 1 atom stereocenters. The van der Waals surface area contributed by atoms with Gasteiger partial charge >= 0.3 is 0 Å². The van der Waals surface area contributed by atoms with E-state index in [1.807, 2.05) is 38.2 Å². The Morgan fingerprint density at radius 3 is 2.84 bits per heavy atom. The van der Waals surface area contributed by atoms with Gasteiger partial charge in [-0.15, -0.1) is 0 Å². The summed E-state index contributed by atoms with van der Waals surface area (Å²) in [7, 11) is 1.88. The van der Waals surface area contributed by atoms with Crippen molar-refractivity contribution in [3.05, 3.63) is 52.0 Å². The van der Waals surface area contributed by atoms with E-state index in [4.69, 9.17) is 10.2 Å². The number of rotatable bonds is 2. The average Bonchev–Trinajstić information content (AvgIpc) is 2.93. The number of benzene rings is 1. The number of fused-ring (bicyclic) bond motifs is 1. The fourth-order valence-corrected chi connectivity index (χ4v) is 2.68. The number of hydrogen-bond donors (Lipinski definition) is 1. The van der Waals surface area contributed by atoms with E-state index in [1.165, 1.54) is 0 Å². The minimum absolute atomic E-state index is 0.307. The third-order valence-corrected chi connectivity index (χ3v) is 3.89. The maximum absolute atomic E-state index is 6.30. The van der Waals surface area contributed by atoms with Crippen LogP contribution in [0.1, 0.15) is 23.1 Å². The Labute approximate surface area is 119 Å². The van der Waals surface area contributed by atoms with Gasteiger partial charge in [0.1, 0.15) is 17.4 Å². The van der Waals surface area contributed by atoms with Crippen molar-refractivity contribution in [1.82, 2.24) is 9.78 Å². The van der Waals surface area contributed by atoms with Crippen molar-refractivity contribution >= 4 is 26.9 Å². The molecule has 2 N–H and O–H groups in total. The van der Waals surface area contributed by atoms with Crippen molar-refractivity contribution in [3.63, 3.8) is 0 Å². The molecule has 0 fully saturated rings. The lowest BCUT2D eigenvalue weighted by Gasteiger charge is -2.10. The first-order valence-corrected chi connectivity index (χ1v) is 6.79. The van der Waals surface area contributed by atoms with E-state index < -0.39 is 0 Å². The van der Waals surface area contributed by atoms with Crippen LogP contribution in [0.4, 0.5) is 0 Å². The van der Waals surface area contributed by atoms with Gasteiger partial charge in [0, 0.05) is 28.7 Å². The summed E-state index contributed by atoms with van der Waals surface area (Å²) in [5.41, 5.74) is 9.16. The molecule has 0 saturated carbocycles. The molecular formula is C14H14BrN3O. The maximum atomic E-state index is 6.30. The Hall–Kier alpha value is -1.59. The van der Waals surface area contributed by atoms with Gasteiger partial charge in [-0.1, -0.05) is 15.9 Å². The van der Waals surface area contributed by atoms with Crippen molar-refractivity contribution in [1.29, 1.82) is 0 Å². The smallest absolute Gasteiger partial charge is 0.135 e. The molecule has 98 valence electrons. The van der Waals surface area contributed by atoms with Crippen molar-refractivity contribution in [2.45, 2.75) is 13.0 Å². The predicted octanol–water partition coefficient (Wildman–Crippen LogP) is 3.29. The zero-order valence-corrected chi connectivity index (χ0v) is 12.3. The van der Waals surface area contributed by atoms with Gasteiger partial charge in [0.25, 0.3) is 0 Å². The number of furan rings is 1. The molecule has 0 aliphatic rings. The van der Waals surface area contributed by atoms with Gasteiger partial charge in [0.05, 0.1) is 5.69 Å². The molecular weight excluding hydrogens is 306 g/mol. The molecule has 1 aromatic carbocycles. The lowest BCUT2D eigenvalue weighted by atomic mass is 10.1. The number of halogens is 1. The molecule has 0 spiro atoms. The summed E-state index contributed by atoms with van der Waals surface area (Å²) in [6.45, 7) is 2.03. The van der Waals surface area contributed by atoms with Gasteiger partial charge in [0.15, 0.2) is 0 Å². The molecule has 2 heterocycles. The second-order valence-corrected chi connectivity index (χ2v) is 5.50. The first kappa shape index (κ1) is 12.4. The van der Waals surface area contributed by atoms with Gasteiger partial charge in [-0.25, -0.2) is 0 Å². The zero-order valence-electron chi connectivity index (χ0n) is 10.7. The Balaban J connectivity index is 2.15. The van der Waals surface area contributed by atoms with Crippen LogP contribution < -0.4 is 5.73 Å². The van der Waals surface area contributed by atoms with Crippen LogP contribution in [0, 0.1) is 6.92 Å². The van der Waals surface area contributed by atoms with Gasteiger partial charge in [0.2, 0.25) is 0 Å². The Kier molecular flexibility index (Phi) is 2.95. The summed E-state index contributed by atoms with van der Waals surface area (Å²) in [5, 5.41) is 5.24. The largest absolute Gasteiger partial charge is 0.459 e. The number of nitrogens with zero attached hydrogens (tertiary/aromatic N) is 2. The SMILES string of the molecule is Cc1c(C(N)c2ccnn2C)oc2cc(Br)ccc12. The summed E-state index contributed by atoms with van der Waals surface area (Å²) in [4.78, 5) is 0. The van der Waals surface area contributed by atoms with Crippen LogP contribution in [0.15, 0.2) is 39.4 Å². The lowest BCUT2D eigenvalue weighted by molar-refractivity contribution is 0.505. The summed E-state index contributed by atoms with van der Waals surface area (Å²) in [5.74, 6) is 0.789. The minimum Gasteiger partial charge on any atom is -0.459 e. The van der Waals surface area contributed by atoms with E-state index >= 15 is 0 Å². The van der Waals surface area contributed by atoms with Gasteiger partial charge in [-0.2, -0.15) is 5.10 Å². The maximum Gasteiger partial charge on any atom is 0.135 e. The molecule has 0 saturated heterocycles. The molecule has 0 aliphatic heterocycles.